The van der Waals surface area contributed by atoms with E-state index in [2.05, 4.69) is 15.9 Å². The summed E-state index contributed by atoms with van der Waals surface area (Å²) in [6.45, 7) is 0. The van der Waals surface area contributed by atoms with Gasteiger partial charge in [-0.1, -0.05) is 11.6 Å². The molecule has 0 aromatic carbocycles. The molecule has 50 valence electrons. The predicted molar refractivity (Wildman–Crippen MR) is 39.4 cm³/mol. The molecular weight excluding hydrogens is 150 g/mol. The first kappa shape index (κ1) is 6.84. The molecule has 0 amide bonds. The molecule has 1 heterocycles. The molecule has 0 aliphatic heterocycles. The van der Waals surface area contributed by atoms with Gasteiger partial charge in [-0.05, 0) is 5.92 Å². The molecule has 1 aromatic heterocycles. The summed E-state index contributed by atoms with van der Waals surface area (Å²) in [4.78, 5) is 7.42. The maximum Gasteiger partial charge on any atom is 0.159 e. The largest absolute Gasteiger partial charge is 0.381 e. The smallest absolute Gasteiger partial charge is 0.159 e. The lowest BCUT2D eigenvalue weighted by Gasteiger charge is -1.94. The second-order valence-corrected chi connectivity index (χ2v) is 1.96. The van der Waals surface area contributed by atoms with Crippen LogP contribution in [-0.2, 0) is 0 Å². The highest BCUT2D eigenvalue weighted by molar-refractivity contribution is 6.29. The molecular formula is C6H4ClN3. The first-order chi connectivity index (χ1) is 4.74. The summed E-state index contributed by atoms with van der Waals surface area (Å²) in [6, 6.07) is 0. The van der Waals surface area contributed by atoms with Gasteiger partial charge in [0, 0.05) is 0 Å². The Morgan fingerprint density at radius 3 is 2.90 bits per heavy atom. The lowest BCUT2D eigenvalue weighted by Crippen LogP contribution is -1.96. The fourth-order valence-corrected chi connectivity index (χ4v) is 0.632. The summed E-state index contributed by atoms with van der Waals surface area (Å²) in [7, 11) is 0. The highest BCUT2D eigenvalue weighted by atomic mass is 35.5. The Hall–Kier alpha value is -1.27. The fraction of sp³-hybridized carbons (Fsp3) is 0. The summed E-state index contributed by atoms with van der Waals surface area (Å²) in [6.07, 6.45) is 6.38. The summed E-state index contributed by atoms with van der Waals surface area (Å²) >= 11 is 5.45. The third-order valence-corrected chi connectivity index (χ3v) is 1.09. The van der Waals surface area contributed by atoms with Crippen molar-refractivity contribution in [2.45, 2.75) is 0 Å². The zero-order valence-corrected chi connectivity index (χ0v) is 5.76. The van der Waals surface area contributed by atoms with Gasteiger partial charge in [0.25, 0.3) is 0 Å². The number of nitrogen functional groups attached to an aromatic ring is 1. The van der Waals surface area contributed by atoms with Crippen LogP contribution < -0.4 is 5.73 Å². The Bertz CT molecular complexity index is 290. The van der Waals surface area contributed by atoms with Crippen LogP contribution in [0.15, 0.2) is 6.20 Å². The Morgan fingerprint density at radius 1 is 1.70 bits per heavy atom. The molecule has 0 atom stereocenters. The van der Waals surface area contributed by atoms with E-state index in [4.69, 9.17) is 23.8 Å². The third-order valence-electron chi connectivity index (χ3n) is 0.907. The number of aromatic nitrogens is 2. The summed E-state index contributed by atoms with van der Waals surface area (Å²) < 4.78 is 0. The standard InChI is InChI=1S/C6H4ClN3/c1-2-4-6(8)10-5(7)3-9-4/h1,3H,(H2,8,10). The minimum atomic E-state index is 0.190. The van der Waals surface area contributed by atoms with Crippen LogP contribution in [-0.4, -0.2) is 9.97 Å². The molecule has 0 unspecified atom stereocenters. The van der Waals surface area contributed by atoms with Crippen molar-refractivity contribution in [2.24, 2.45) is 0 Å². The number of nitrogens with two attached hydrogens (primary N) is 1. The number of nitrogens with zero attached hydrogens (tertiary/aromatic N) is 2. The van der Waals surface area contributed by atoms with E-state index in [1.54, 1.807) is 0 Å². The van der Waals surface area contributed by atoms with Crippen molar-refractivity contribution in [1.82, 2.24) is 9.97 Å². The van der Waals surface area contributed by atoms with Crippen molar-refractivity contribution in [3.63, 3.8) is 0 Å². The van der Waals surface area contributed by atoms with Crippen molar-refractivity contribution in [3.8, 4) is 12.3 Å². The molecule has 0 aliphatic carbocycles. The van der Waals surface area contributed by atoms with Gasteiger partial charge in [0.2, 0.25) is 0 Å². The summed E-state index contributed by atoms with van der Waals surface area (Å²) in [5.41, 5.74) is 5.65. The Morgan fingerprint density at radius 2 is 2.40 bits per heavy atom. The monoisotopic (exact) mass is 153 g/mol. The number of terminal acetylenes is 1. The lowest BCUT2D eigenvalue weighted by molar-refractivity contribution is 1.19. The molecule has 2 N–H and O–H groups in total. The Balaban J connectivity index is 3.23. The minimum Gasteiger partial charge on any atom is -0.381 e. The molecule has 0 aliphatic rings. The molecule has 3 nitrogen and oxygen atoms in total. The van der Waals surface area contributed by atoms with Crippen LogP contribution in [0.2, 0.25) is 5.15 Å². The average Bonchev–Trinajstić information content (AvgIpc) is 1.88. The van der Waals surface area contributed by atoms with Gasteiger partial charge in [-0.15, -0.1) is 6.42 Å². The van der Waals surface area contributed by atoms with Gasteiger partial charge >= 0.3 is 0 Å². The van der Waals surface area contributed by atoms with Crippen LogP contribution in [0.4, 0.5) is 5.82 Å². The van der Waals surface area contributed by atoms with Gasteiger partial charge in [0.15, 0.2) is 11.5 Å². The van der Waals surface area contributed by atoms with Gasteiger partial charge in [0.1, 0.15) is 5.15 Å². The quantitative estimate of drug-likeness (QED) is 0.558. The van der Waals surface area contributed by atoms with Gasteiger partial charge in [-0.3, -0.25) is 0 Å². The predicted octanol–water partition coefficient (Wildman–Crippen LogP) is 0.693. The van der Waals surface area contributed by atoms with Crippen molar-refractivity contribution in [1.29, 1.82) is 0 Å². The SMILES string of the molecule is C#Cc1ncc(Cl)nc1N. The number of anilines is 1. The molecule has 10 heavy (non-hydrogen) atoms. The van der Waals surface area contributed by atoms with Crippen LogP contribution in [0.25, 0.3) is 0 Å². The van der Waals surface area contributed by atoms with Crippen molar-refractivity contribution < 1.29 is 0 Å². The molecule has 0 saturated carbocycles. The molecule has 0 radical (unpaired) electrons. The van der Waals surface area contributed by atoms with Crippen LogP contribution >= 0.6 is 11.6 Å². The normalized spacial score (nSPS) is 8.80. The highest BCUT2D eigenvalue weighted by Crippen LogP contribution is 2.07. The van der Waals surface area contributed by atoms with E-state index in [0.717, 1.165) is 0 Å². The number of halogens is 1. The van der Waals surface area contributed by atoms with E-state index in [-0.39, 0.29) is 11.0 Å². The lowest BCUT2D eigenvalue weighted by atomic mass is 10.4. The van der Waals surface area contributed by atoms with Gasteiger partial charge in [-0.25, -0.2) is 9.97 Å². The summed E-state index contributed by atoms with van der Waals surface area (Å²) in [5, 5.41) is 0.247. The topological polar surface area (TPSA) is 51.8 Å². The first-order valence-corrected chi connectivity index (χ1v) is 2.86. The fourth-order valence-electron chi connectivity index (χ4n) is 0.492. The zero-order valence-electron chi connectivity index (χ0n) is 5.00. The van der Waals surface area contributed by atoms with Crippen LogP contribution in [0.1, 0.15) is 5.69 Å². The first-order valence-electron chi connectivity index (χ1n) is 2.48. The maximum atomic E-state index is 5.45. The Kier molecular flexibility index (Phi) is 1.74. The number of rotatable bonds is 0. The van der Waals surface area contributed by atoms with E-state index < -0.39 is 0 Å². The Labute approximate surface area is 63.2 Å². The van der Waals surface area contributed by atoms with E-state index in [0.29, 0.717) is 5.69 Å². The molecule has 4 heteroatoms. The molecule has 0 spiro atoms. The van der Waals surface area contributed by atoms with Crippen LogP contribution in [0.3, 0.4) is 0 Å². The van der Waals surface area contributed by atoms with Gasteiger partial charge < -0.3 is 5.73 Å². The third kappa shape index (κ3) is 1.17. The van der Waals surface area contributed by atoms with Crippen LogP contribution in [0, 0.1) is 12.3 Å². The average molecular weight is 154 g/mol. The van der Waals surface area contributed by atoms with Crippen molar-refractivity contribution in [3.05, 3.63) is 17.0 Å². The van der Waals surface area contributed by atoms with Crippen molar-refractivity contribution >= 4 is 17.4 Å². The van der Waals surface area contributed by atoms with E-state index in [1.807, 2.05) is 0 Å². The molecule has 1 rings (SSSR count). The van der Waals surface area contributed by atoms with Gasteiger partial charge in [-0.2, -0.15) is 0 Å². The second kappa shape index (κ2) is 2.54. The molecule has 0 saturated heterocycles. The highest BCUT2D eigenvalue weighted by Gasteiger charge is 1.97. The van der Waals surface area contributed by atoms with Crippen molar-refractivity contribution in [2.75, 3.05) is 5.73 Å². The minimum absolute atomic E-state index is 0.190. The molecule has 1 aromatic rings. The number of hydrogen-bond donors (Lipinski definition) is 1. The van der Waals surface area contributed by atoms with E-state index in [9.17, 15) is 0 Å². The molecule has 0 bridgehead atoms. The number of hydrogen-bond acceptors (Lipinski definition) is 3. The molecule has 0 fully saturated rings. The maximum absolute atomic E-state index is 5.45. The zero-order chi connectivity index (χ0) is 7.56. The van der Waals surface area contributed by atoms with Crippen LogP contribution in [0.5, 0.6) is 0 Å². The van der Waals surface area contributed by atoms with Gasteiger partial charge in [0.05, 0.1) is 6.20 Å². The van der Waals surface area contributed by atoms with E-state index >= 15 is 0 Å². The summed E-state index contributed by atoms with van der Waals surface area (Å²) in [5.74, 6) is 2.46. The van der Waals surface area contributed by atoms with E-state index in [1.165, 1.54) is 6.20 Å². The second-order valence-electron chi connectivity index (χ2n) is 1.57.